The predicted molar refractivity (Wildman–Crippen MR) is 73.7 cm³/mol. The van der Waals surface area contributed by atoms with Gasteiger partial charge >= 0.3 is 0 Å². The average molecular weight is 274 g/mol. The Morgan fingerprint density at radius 3 is 2.39 bits per heavy atom. The highest BCUT2D eigenvalue weighted by Gasteiger charge is 2.17. The summed E-state index contributed by atoms with van der Waals surface area (Å²) >= 11 is 1.61. The number of thiophene rings is 1. The molecule has 90 valence electrons. The summed E-state index contributed by atoms with van der Waals surface area (Å²) in [6, 6.07) is 15.7. The molecule has 0 radical (unpaired) electrons. The molecule has 3 aromatic rings. The summed E-state index contributed by atoms with van der Waals surface area (Å²) in [5.41, 5.74) is 0. The highest BCUT2D eigenvalue weighted by molar-refractivity contribution is 7.91. The van der Waals surface area contributed by atoms with Crippen LogP contribution >= 0.6 is 11.3 Å². The molecule has 18 heavy (non-hydrogen) atoms. The Balaban J connectivity index is 2.19. The third-order valence-electron chi connectivity index (χ3n) is 2.79. The van der Waals surface area contributed by atoms with Gasteiger partial charge in [0, 0.05) is 4.70 Å². The quantitative estimate of drug-likeness (QED) is 0.713. The molecule has 0 atom stereocenters. The van der Waals surface area contributed by atoms with E-state index in [1.165, 1.54) is 0 Å². The van der Waals surface area contributed by atoms with Crippen LogP contribution in [0.1, 0.15) is 0 Å². The van der Waals surface area contributed by atoms with Crippen LogP contribution in [0, 0.1) is 0 Å². The van der Waals surface area contributed by atoms with E-state index in [0.717, 1.165) is 10.1 Å². The molecule has 0 spiro atoms. The fourth-order valence-electron chi connectivity index (χ4n) is 1.85. The zero-order valence-corrected chi connectivity index (χ0v) is 11.0. The van der Waals surface area contributed by atoms with Crippen molar-refractivity contribution in [2.24, 2.45) is 0 Å². The molecule has 0 fully saturated rings. The normalized spacial score (nSPS) is 11.8. The Bertz CT molecular complexity index is 787. The molecule has 3 rings (SSSR count). The van der Waals surface area contributed by atoms with Gasteiger partial charge in [-0.05, 0) is 47.2 Å². The van der Waals surface area contributed by atoms with Crippen LogP contribution in [0.15, 0.2) is 69.8 Å². The van der Waals surface area contributed by atoms with Crippen LogP contribution in [0.3, 0.4) is 0 Å². The topological polar surface area (TPSA) is 34.1 Å². The third kappa shape index (κ3) is 1.83. The SMILES string of the molecule is O=S(=O)(c1ccccc1)c1ccc2sccc2c1. The summed E-state index contributed by atoms with van der Waals surface area (Å²) in [5, 5.41) is 2.93. The molecule has 0 N–H and O–H groups in total. The lowest BCUT2D eigenvalue weighted by Gasteiger charge is -2.04. The van der Waals surface area contributed by atoms with Gasteiger partial charge in [0.15, 0.2) is 0 Å². The van der Waals surface area contributed by atoms with Crippen molar-refractivity contribution in [2.75, 3.05) is 0 Å². The first-order valence-electron chi connectivity index (χ1n) is 5.45. The first-order valence-corrected chi connectivity index (χ1v) is 7.81. The zero-order chi connectivity index (χ0) is 12.6. The average Bonchev–Trinajstić information content (AvgIpc) is 2.87. The maximum absolute atomic E-state index is 12.4. The summed E-state index contributed by atoms with van der Waals surface area (Å²) in [6.45, 7) is 0. The Hall–Kier alpha value is -1.65. The van der Waals surface area contributed by atoms with Crippen LogP contribution in [0.5, 0.6) is 0 Å². The lowest BCUT2D eigenvalue weighted by molar-refractivity contribution is 0.596. The molecule has 0 saturated heterocycles. The zero-order valence-electron chi connectivity index (χ0n) is 9.41. The second-order valence-electron chi connectivity index (χ2n) is 3.94. The Labute approximate surface area is 109 Å². The van der Waals surface area contributed by atoms with Gasteiger partial charge in [0.25, 0.3) is 0 Å². The van der Waals surface area contributed by atoms with E-state index in [-0.39, 0.29) is 0 Å². The molecule has 0 aliphatic carbocycles. The van der Waals surface area contributed by atoms with E-state index < -0.39 is 9.84 Å². The largest absolute Gasteiger partial charge is 0.219 e. The van der Waals surface area contributed by atoms with Gasteiger partial charge in [-0.15, -0.1) is 11.3 Å². The number of rotatable bonds is 2. The standard InChI is InChI=1S/C14H10O2S2/c15-18(16,12-4-2-1-3-5-12)13-6-7-14-11(10-13)8-9-17-14/h1-10H. The predicted octanol–water partition coefficient (Wildman–Crippen LogP) is 3.73. The second-order valence-corrected chi connectivity index (χ2v) is 6.83. The summed E-state index contributed by atoms with van der Waals surface area (Å²) in [5.74, 6) is 0. The molecule has 1 aromatic heterocycles. The molecule has 1 heterocycles. The van der Waals surface area contributed by atoms with Crippen molar-refractivity contribution in [3.05, 3.63) is 60.0 Å². The van der Waals surface area contributed by atoms with Crippen LogP contribution in [0.25, 0.3) is 10.1 Å². The minimum Gasteiger partial charge on any atom is -0.219 e. The lowest BCUT2D eigenvalue weighted by atomic mass is 10.3. The van der Waals surface area contributed by atoms with Crippen molar-refractivity contribution in [3.63, 3.8) is 0 Å². The minimum absolute atomic E-state index is 0.333. The van der Waals surface area contributed by atoms with Gasteiger partial charge in [-0.25, -0.2) is 8.42 Å². The fourth-order valence-corrected chi connectivity index (χ4v) is 3.94. The Kier molecular flexibility index (Phi) is 2.69. The van der Waals surface area contributed by atoms with Crippen molar-refractivity contribution in [1.29, 1.82) is 0 Å². The monoisotopic (exact) mass is 274 g/mol. The van der Waals surface area contributed by atoms with E-state index in [4.69, 9.17) is 0 Å². The van der Waals surface area contributed by atoms with Crippen LogP contribution in [0.2, 0.25) is 0 Å². The number of sulfone groups is 1. The number of hydrogen-bond acceptors (Lipinski definition) is 3. The second kappa shape index (κ2) is 4.23. The van der Waals surface area contributed by atoms with Gasteiger partial charge in [0.1, 0.15) is 0 Å². The minimum atomic E-state index is -3.40. The summed E-state index contributed by atoms with van der Waals surface area (Å²) < 4.78 is 25.9. The van der Waals surface area contributed by atoms with Crippen molar-refractivity contribution in [2.45, 2.75) is 9.79 Å². The first kappa shape index (κ1) is 11.4. The van der Waals surface area contributed by atoms with E-state index in [9.17, 15) is 8.42 Å². The molecule has 0 aliphatic rings. The van der Waals surface area contributed by atoms with Gasteiger partial charge in [-0.2, -0.15) is 0 Å². The van der Waals surface area contributed by atoms with E-state index in [1.54, 1.807) is 53.8 Å². The van der Waals surface area contributed by atoms with Gasteiger partial charge in [0.2, 0.25) is 9.84 Å². The highest BCUT2D eigenvalue weighted by Crippen LogP contribution is 2.27. The first-order chi connectivity index (χ1) is 8.68. The molecule has 0 saturated carbocycles. The van der Waals surface area contributed by atoms with Gasteiger partial charge in [0.05, 0.1) is 9.79 Å². The van der Waals surface area contributed by atoms with Crippen molar-refractivity contribution in [3.8, 4) is 0 Å². The van der Waals surface area contributed by atoms with Gasteiger partial charge in [-0.1, -0.05) is 18.2 Å². The number of benzene rings is 2. The molecular weight excluding hydrogens is 264 g/mol. The Morgan fingerprint density at radius 2 is 1.61 bits per heavy atom. The van der Waals surface area contributed by atoms with Crippen molar-refractivity contribution < 1.29 is 8.42 Å². The number of hydrogen-bond donors (Lipinski definition) is 0. The molecule has 2 nitrogen and oxygen atoms in total. The smallest absolute Gasteiger partial charge is 0.206 e. The third-order valence-corrected chi connectivity index (χ3v) is 5.45. The molecule has 0 aliphatic heterocycles. The molecule has 2 aromatic carbocycles. The maximum Gasteiger partial charge on any atom is 0.206 e. The van der Waals surface area contributed by atoms with Gasteiger partial charge < -0.3 is 0 Å². The fraction of sp³-hybridized carbons (Fsp3) is 0. The van der Waals surface area contributed by atoms with E-state index in [1.807, 2.05) is 17.5 Å². The van der Waals surface area contributed by atoms with Crippen LogP contribution in [-0.4, -0.2) is 8.42 Å². The molecule has 4 heteroatoms. The number of fused-ring (bicyclic) bond motifs is 1. The van der Waals surface area contributed by atoms with E-state index in [0.29, 0.717) is 9.79 Å². The summed E-state index contributed by atoms with van der Waals surface area (Å²) in [7, 11) is -3.40. The summed E-state index contributed by atoms with van der Waals surface area (Å²) in [4.78, 5) is 0.680. The van der Waals surface area contributed by atoms with E-state index >= 15 is 0 Å². The van der Waals surface area contributed by atoms with Crippen LogP contribution in [0.4, 0.5) is 0 Å². The molecule has 0 amide bonds. The van der Waals surface area contributed by atoms with Crippen LogP contribution < -0.4 is 0 Å². The Morgan fingerprint density at radius 1 is 0.833 bits per heavy atom. The molecule has 0 bridgehead atoms. The molecular formula is C14H10O2S2. The van der Waals surface area contributed by atoms with Crippen LogP contribution in [-0.2, 0) is 9.84 Å². The summed E-state index contributed by atoms with van der Waals surface area (Å²) in [6.07, 6.45) is 0. The molecule has 0 unspecified atom stereocenters. The van der Waals surface area contributed by atoms with Crippen molar-refractivity contribution >= 4 is 31.3 Å². The maximum atomic E-state index is 12.4. The lowest BCUT2D eigenvalue weighted by Crippen LogP contribution is -2.01. The van der Waals surface area contributed by atoms with Gasteiger partial charge in [-0.3, -0.25) is 0 Å². The van der Waals surface area contributed by atoms with E-state index in [2.05, 4.69) is 0 Å². The van der Waals surface area contributed by atoms with Crippen molar-refractivity contribution in [1.82, 2.24) is 0 Å². The highest BCUT2D eigenvalue weighted by atomic mass is 32.2.